The van der Waals surface area contributed by atoms with Crippen LogP contribution in [0.2, 0.25) is 0 Å². The third-order valence-electron chi connectivity index (χ3n) is 2.81. The predicted octanol–water partition coefficient (Wildman–Crippen LogP) is 3.35. The van der Waals surface area contributed by atoms with Crippen molar-refractivity contribution in [1.29, 1.82) is 0 Å². The number of aromatic nitrogens is 2. The van der Waals surface area contributed by atoms with Gasteiger partial charge in [-0.15, -0.1) is 5.10 Å². The average molecular weight is 340 g/mol. The lowest BCUT2D eigenvalue weighted by atomic mass is 10.1. The highest BCUT2D eigenvalue weighted by atomic mass is 79.9. The summed E-state index contributed by atoms with van der Waals surface area (Å²) in [4.78, 5) is 12.7. The molecule has 100 valence electrons. The molecule has 1 atom stereocenters. The van der Waals surface area contributed by atoms with Crippen molar-refractivity contribution in [3.8, 4) is 0 Å². The number of hydrogen-bond donors (Lipinski definition) is 1. The van der Waals surface area contributed by atoms with E-state index in [0.717, 1.165) is 27.3 Å². The average Bonchev–Trinajstić information content (AvgIpc) is 2.87. The van der Waals surface area contributed by atoms with Crippen molar-refractivity contribution < 1.29 is 4.79 Å². The highest BCUT2D eigenvalue weighted by Crippen LogP contribution is 2.18. The summed E-state index contributed by atoms with van der Waals surface area (Å²) in [6.07, 6.45) is 0.714. The number of nitrogens with one attached hydrogen (secondary N) is 1. The van der Waals surface area contributed by atoms with Crippen LogP contribution < -0.4 is 5.32 Å². The molecule has 0 unspecified atom stereocenters. The van der Waals surface area contributed by atoms with Gasteiger partial charge in [0.1, 0.15) is 4.88 Å². The largest absolute Gasteiger partial charge is 0.345 e. The second-order valence-electron chi connectivity index (χ2n) is 4.15. The molecule has 0 saturated heterocycles. The van der Waals surface area contributed by atoms with Crippen LogP contribution in [-0.2, 0) is 6.42 Å². The van der Waals surface area contributed by atoms with Gasteiger partial charge in [-0.1, -0.05) is 39.5 Å². The van der Waals surface area contributed by atoms with Crippen molar-refractivity contribution in [3.05, 3.63) is 44.9 Å². The molecule has 0 bridgehead atoms. The lowest BCUT2D eigenvalue weighted by molar-refractivity contribution is 0.0943. The molecule has 6 heteroatoms. The molecule has 1 N–H and O–H groups in total. The van der Waals surface area contributed by atoms with Gasteiger partial charge in [0.25, 0.3) is 5.91 Å². The van der Waals surface area contributed by atoms with Gasteiger partial charge in [-0.3, -0.25) is 4.79 Å². The molecule has 2 rings (SSSR count). The minimum absolute atomic E-state index is 0.0487. The van der Waals surface area contributed by atoms with Gasteiger partial charge in [0.2, 0.25) is 0 Å². The van der Waals surface area contributed by atoms with Crippen molar-refractivity contribution >= 4 is 33.4 Å². The summed E-state index contributed by atoms with van der Waals surface area (Å²) in [5, 5.41) is 6.92. The van der Waals surface area contributed by atoms with Crippen LogP contribution in [0.5, 0.6) is 0 Å². The Kier molecular flexibility index (Phi) is 4.66. The van der Waals surface area contributed by atoms with Crippen molar-refractivity contribution in [3.63, 3.8) is 0 Å². The Morgan fingerprint density at radius 3 is 2.74 bits per heavy atom. The van der Waals surface area contributed by atoms with Gasteiger partial charge in [-0.2, -0.15) is 0 Å². The van der Waals surface area contributed by atoms with E-state index in [1.54, 1.807) is 0 Å². The number of rotatable bonds is 4. The molecular weight excluding hydrogens is 326 g/mol. The SMILES string of the molecule is CCc1nnsc1C(=O)N[C@@H](C)c1ccc(Br)cc1. The lowest BCUT2D eigenvalue weighted by Crippen LogP contribution is -2.26. The number of aryl methyl sites for hydroxylation is 1. The Balaban J connectivity index is 2.08. The van der Waals surface area contributed by atoms with Crippen LogP contribution in [0.4, 0.5) is 0 Å². The first kappa shape index (κ1) is 14.1. The van der Waals surface area contributed by atoms with E-state index < -0.39 is 0 Å². The quantitative estimate of drug-likeness (QED) is 0.929. The van der Waals surface area contributed by atoms with Gasteiger partial charge in [-0.25, -0.2) is 0 Å². The number of nitrogens with zero attached hydrogens (tertiary/aromatic N) is 2. The van der Waals surface area contributed by atoms with E-state index in [4.69, 9.17) is 0 Å². The fourth-order valence-corrected chi connectivity index (χ4v) is 2.63. The Morgan fingerprint density at radius 1 is 1.42 bits per heavy atom. The first-order valence-corrected chi connectivity index (χ1v) is 7.56. The summed E-state index contributed by atoms with van der Waals surface area (Å²) in [6, 6.07) is 7.85. The van der Waals surface area contributed by atoms with Crippen LogP contribution in [0.1, 0.15) is 40.8 Å². The Hall–Kier alpha value is -1.27. The molecular formula is C13H14BrN3OS. The first-order valence-electron chi connectivity index (χ1n) is 5.99. The zero-order valence-electron chi connectivity index (χ0n) is 10.7. The van der Waals surface area contributed by atoms with E-state index in [1.165, 1.54) is 0 Å². The number of hydrogen-bond acceptors (Lipinski definition) is 4. The molecule has 0 aliphatic carbocycles. The maximum atomic E-state index is 12.1. The van der Waals surface area contributed by atoms with Crippen LogP contribution in [0.15, 0.2) is 28.7 Å². The highest BCUT2D eigenvalue weighted by molar-refractivity contribution is 9.10. The number of halogens is 1. The molecule has 0 fully saturated rings. The van der Waals surface area contributed by atoms with Gasteiger partial charge >= 0.3 is 0 Å². The minimum Gasteiger partial charge on any atom is -0.345 e. The Morgan fingerprint density at radius 2 is 2.11 bits per heavy atom. The molecule has 0 aliphatic rings. The van der Waals surface area contributed by atoms with E-state index in [0.29, 0.717) is 11.3 Å². The van der Waals surface area contributed by atoms with Crippen LogP contribution in [0, 0.1) is 0 Å². The third-order valence-corrected chi connectivity index (χ3v) is 4.11. The second-order valence-corrected chi connectivity index (χ2v) is 5.82. The van der Waals surface area contributed by atoms with Crippen LogP contribution in [0.3, 0.4) is 0 Å². The molecule has 2 aromatic rings. The zero-order chi connectivity index (χ0) is 13.8. The van der Waals surface area contributed by atoms with Crippen LogP contribution in [-0.4, -0.2) is 15.5 Å². The monoisotopic (exact) mass is 339 g/mol. The van der Waals surface area contributed by atoms with Crippen molar-refractivity contribution in [2.45, 2.75) is 26.3 Å². The minimum atomic E-state index is -0.109. The number of amides is 1. The van der Waals surface area contributed by atoms with Gasteiger partial charge in [0.05, 0.1) is 11.7 Å². The fourth-order valence-electron chi connectivity index (χ4n) is 1.71. The third kappa shape index (κ3) is 3.39. The van der Waals surface area contributed by atoms with E-state index in [9.17, 15) is 4.79 Å². The van der Waals surface area contributed by atoms with Crippen LogP contribution >= 0.6 is 27.5 Å². The molecule has 1 aromatic carbocycles. The molecule has 0 spiro atoms. The zero-order valence-corrected chi connectivity index (χ0v) is 13.1. The van der Waals surface area contributed by atoms with Crippen LogP contribution in [0.25, 0.3) is 0 Å². The summed E-state index contributed by atoms with van der Waals surface area (Å²) >= 11 is 4.53. The molecule has 1 heterocycles. The maximum Gasteiger partial charge on any atom is 0.265 e. The summed E-state index contributed by atoms with van der Waals surface area (Å²) in [6.45, 7) is 3.92. The van der Waals surface area contributed by atoms with Gasteiger partial charge in [0.15, 0.2) is 0 Å². The summed E-state index contributed by atoms with van der Waals surface area (Å²) in [5.74, 6) is -0.109. The summed E-state index contributed by atoms with van der Waals surface area (Å²) in [5.41, 5.74) is 1.82. The van der Waals surface area contributed by atoms with E-state index in [2.05, 4.69) is 30.8 Å². The van der Waals surface area contributed by atoms with E-state index in [1.807, 2.05) is 38.1 Å². The number of carbonyl (C=O) groups excluding carboxylic acids is 1. The topological polar surface area (TPSA) is 54.9 Å². The van der Waals surface area contributed by atoms with E-state index >= 15 is 0 Å². The summed E-state index contributed by atoms with van der Waals surface area (Å²) < 4.78 is 4.85. The molecule has 0 aliphatic heterocycles. The molecule has 4 nitrogen and oxygen atoms in total. The van der Waals surface area contributed by atoms with Crippen molar-refractivity contribution in [2.24, 2.45) is 0 Å². The first-order chi connectivity index (χ1) is 9.11. The standard InChI is InChI=1S/C13H14BrN3OS/c1-3-11-12(19-17-16-11)13(18)15-8(2)9-4-6-10(14)7-5-9/h4-8H,3H2,1-2H3,(H,15,18)/t8-/m0/s1. The highest BCUT2D eigenvalue weighted by Gasteiger charge is 2.17. The molecule has 1 aromatic heterocycles. The molecule has 0 radical (unpaired) electrons. The molecule has 19 heavy (non-hydrogen) atoms. The molecule has 0 saturated carbocycles. The normalized spacial score (nSPS) is 12.2. The van der Waals surface area contributed by atoms with Gasteiger partial charge in [-0.05, 0) is 42.6 Å². The van der Waals surface area contributed by atoms with E-state index in [-0.39, 0.29) is 11.9 Å². The summed E-state index contributed by atoms with van der Waals surface area (Å²) in [7, 11) is 0. The number of carbonyl (C=O) groups is 1. The maximum absolute atomic E-state index is 12.1. The Labute approximate surface area is 124 Å². The smallest absolute Gasteiger partial charge is 0.265 e. The Bertz CT molecular complexity index is 568. The van der Waals surface area contributed by atoms with Gasteiger partial charge < -0.3 is 5.32 Å². The van der Waals surface area contributed by atoms with Gasteiger partial charge in [0, 0.05) is 4.47 Å². The molecule has 1 amide bonds. The lowest BCUT2D eigenvalue weighted by Gasteiger charge is -2.13. The van der Waals surface area contributed by atoms with Crippen molar-refractivity contribution in [2.75, 3.05) is 0 Å². The fraction of sp³-hybridized carbons (Fsp3) is 0.308. The number of benzene rings is 1. The second kappa shape index (κ2) is 6.25. The predicted molar refractivity (Wildman–Crippen MR) is 79.3 cm³/mol. The van der Waals surface area contributed by atoms with Crippen molar-refractivity contribution in [1.82, 2.24) is 14.9 Å².